The standard InChI is InChI=1S/C13H18N4O2S/c1-2-20(18,19)8-4-7-17-10-15-13(16-17)11-5-3-6-12(14)9-11/h3,5-6,9-10H,2,4,7-8,14H2,1H3. The van der Waals surface area contributed by atoms with Gasteiger partial charge in [0.05, 0.1) is 5.75 Å². The molecule has 108 valence electrons. The first-order valence-corrected chi connectivity index (χ1v) is 8.28. The zero-order valence-corrected chi connectivity index (χ0v) is 12.2. The van der Waals surface area contributed by atoms with Crippen LogP contribution in [0.25, 0.3) is 11.4 Å². The molecule has 0 aliphatic heterocycles. The van der Waals surface area contributed by atoms with Crippen LogP contribution in [0.5, 0.6) is 0 Å². The molecule has 1 aromatic carbocycles. The minimum absolute atomic E-state index is 0.178. The van der Waals surface area contributed by atoms with E-state index in [0.717, 1.165) is 5.56 Å². The van der Waals surface area contributed by atoms with Crippen LogP contribution in [0.1, 0.15) is 13.3 Å². The van der Waals surface area contributed by atoms with Gasteiger partial charge in [0.15, 0.2) is 5.82 Å². The second kappa shape index (κ2) is 6.04. The van der Waals surface area contributed by atoms with Crippen molar-refractivity contribution in [3.63, 3.8) is 0 Å². The molecule has 0 bridgehead atoms. The van der Waals surface area contributed by atoms with E-state index >= 15 is 0 Å². The fraction of sp³-hybridized carbons (Fsp3) is 0.385. The summed E-state index contributed by atoms with van der Waals surface area (Å²) in [7, 11) is -2.92. The second-order valence-electron chi connectivity index (χ2n) is 4.55. The maximum absolute atomic E-state index is 11.4. The SMILES string of the molecule is CCS(=O)(=O)CCCn1cnc(-c2cccc(N)c2)n1. The van der Waals surface area contributed by atoms with Gasteiger partial charge in [-0.15, -0.1) is 0 Å². The van der Waals surface area contributed by atoms with Crippen LogP contribution in [0, 0.1) is 0 Å². The topological polar surface area (TPSA) is 90.9 Å². The van der Waals surface area contributed by atoms with Crippen molar-refractivity contribution in [2.24, 2.45) is 0 Å². The zero-order valence-electron chi connectivity index (χ0n) is 11.4. The van der Waals surface area contributed by atoms with Crippen LogP contribution in [-0.2, 0) is 16.4 Å². The van der Waals surface area contributed by atoms with Crippen LogP contribution in [-0.4, -0.2) is 34.7 Å². The van der Waals surface area contributed by atoms with Crippen LogP contribution in [0.4, 0.5) is 5.69 Å². The van der Waals surface area contributed by atoms with Gasteiger partial charge in [0.25, 0.3) is 0 Å². The van der Waals surface area contributed by atoms with Crippen molar-refractivity contribution in [2.75, 3.05) is 17.2 Å². The lowest BCUT2D eigenvalue weighted by Crippen LogP contribution is -2.11. The number of nitrogens with zero attached hydrogens (tertiary/aromatic N) is 3. The van der Waals surface area contributed by atoms with Gasteiger partial charge >= 0.3 is 0 Å². The third kappa shape index (κ3) is 3.80. The third-order valence-corrected chi connectivity index (χ3v) is 4.75. The molecule has 0 fully saturated rings. The Labute approximate surface area is 118 Å². The van der Waals surface area contributed by atoms with Gasteiger partial charge in [0.2, 0.25) is 0 Å². The maximum Gasteiger partial charge on any atom is 0.181 e. The van der Waals surface area contributed by atoms with E-state index in [9.17, 15) is 8.42 Å². The molecule has 6 nitrogen and oxygen atoms in total. The monoisotopic (exact) mass is 294 g/mol. The minimum Gasteiger partial charge on any atom is -0.399 e. The Morgan fingerprint density at radius 3 is 2.85 bits per heavy atom. The van der Waals surface area contributed by atoms with Crippen molar-refractivity contribution in [2.45, 2.75) is 19.9 Å². The van der Waals surface area contributed by atoms with Gasteiger partial charge in [0.1, 0.15) is 16.2 Å². The van der Waals surface area contributed by atoms with Crippen molar-refractivity contribution < 1.29 is 8.42 Å². The van der Waals surface area contributed by atoms with E-state index in [1.54, 1.807) is 30.1 Å². The molecule has 0 spiro atoms. The number of hydrogen-bond donors (Lipinski definition) is 1. The molecule has 1 heterocycles. The van der Waals surface area contributed by atoms with E-state index in [2.05, 4.69) is 10.1 Å². The fourth-order valence-corrected chi connectivity index (χ4v) is 2.66. The Morgan fingerprint density at radius 2 is 2.15 bits per heavy atom. The lowest BCUT2D eigenvalue weighted by atomic mass is 10.2. The van der Waals surface area contributed by atoms with Crippen molar-refractivity contribution >= 4 is 15.5 Å². The number of benzene rings is 1. The van der Waals surface area contributed by atoms with Crippen LogP contribution >= 0.6 is 0 Å². The largest absolute Gasteiger partial charge is 0.399 e. The molecule has 0 saturated carbocycles. The number of nitrogens with two attached hydrogens (primary N) is 1. The summed E-state index contributed by atoms with van der Waals surface area (Å²) < 4.78 is 24.4. The number of aryl methyl sites for hydroxylation is 1. The summed E-state index contributed by atoms with van der Waals surface area (Å²) in [5.41, 5.74) is 7.23. The molecule has 0 unspecified atom stereocenters. The van der Waals surface area contributed by atoms with Gasteiger partial charge in [-0.3, -0.25) is 4.68 Å². The molecule has 7 heteroatoms. The number of sulfone groups is 1. The van der Waals surface area contributed by atoms with E-state index in [1.807, 2.05) is 12.1 Å². The predicted octanol–water partition coefficient (Wildman–Crippen LogP) is 1.35. The number of anilines is 1. The van der Waals surface area contributed by atoms with Gasteiger partial charge in [-0.2, -0.15) is 5.10 Å². The average Bonchev–Trinajstić information content (AvgIpc) is 2.87. The Hall–Kier alpha value is -1.89. The smallest absolute Gasteiger partial charge is 0.181 e. The molecule has 2 N–H and O–H groups in total. The second-order valence-corrected chi connectivity index (χ2v) is 7.02. The Bertz CT molecular complexity index is 679. The summed E-state index contributed by atoms with van der Waals surface area (Å²) >= 11 is 0. The summed E-state index contributed by atoms with van der Waals surface area (Å²) in [6, 6.07) is 7.34. The quantitative estimate of drug-likeness (QED) is 0.812. The summed E-state index contributed by atoms with van der Waals surface area (Å²) in [5.74, 6) is 0.950. The van der Waals surface area contributed by atoms with E-state index < -0.39 is 9.84 Å². The van der Waals surface area contributed by atoms with E-state index in [1.165, 1.54) is 0 Å². The van der Waals surface area contributed by atoms with Gasteiger partial charge < -0.3 is 5.73 Å². The van der Waals surface area contributed by atoms with Crippen LogP contribution in [0.3, 0.4) is 0 Å². The first kappa shape index (κ1) is 14.5. The summed E-state index contributed by atoms with van der Waals surface area (Å²) in [6.07, 6.45) is 2.15. The molecular formula is C13H18N4O2S. The fourth-order valence-electron chi connectivity index (χ4n) is 1.80. The van der Waals surface area contributed by atoms with E-state index in [4.69, 9.17) is 5.73 Å². The Kier molecular flexibility index (Phi) is 4.39. The van der Waals surface area contributed by atoms with E-state index in [-0.39, 0.29) is 11.5 Å². The molecule has 2 aromatic rings. The molecule has 2 rings (SSSR count). The normalized spacial score (nSPS) is 11.7. The predicted molar refractivity (Wildman–Crippen MR) is 78.8 cm³/mol. The Morgan fingerprint density at radius 1 is 1.35 bits per heavy atom. The average molecular weight is 294 g/mol. The minimum atomic E-state index is -2.92. The lowest BCUT2D eigenvalue weighted by molar-refractivity contribution is 0.573. The number of nitrogen functional groups attached to an aromatic ring is 1. The van der Waals surface area contributed by atoms with Gasteiger partial charge in [0, 0.05) is 23.5 Å². The van der Waals surface area contributed by atoms with Gasteiger partial charge in [-0.25, -0.2) is 13.4 Å². The van der Waals surface area contributed by atoms with Crippen LogP contribution < -0.4 is 5.73 Å². The molecular weight excluding hydrogens is 276 g/mol. The van der Waals surface area contributed by atoms with Gasteiger partial charge in [-0.1, -0.05) is 19.1 Å². The Balaban J connectivity index is 1.99. The summed E-state index contributed by atoms with van der Waals surface area (Å²) in [6.45, 7) is 2.19. The van der Waals surface area contributed by atoms with Crippen LogP contribution in [0.2, 0.25) is 0 Å². The first-order valence-electron chi connectivity index (χ1n) is 6.46. The molecule has 0 aliphatic carbocycles. The lowest BCUT2D eigenvalue weighted by Gasteiger charge is -2.01. The van der Waals surface area contributed by atoms with Crippen LogP contribution in [0.15, 0.2) is 30.6 Å². The molecule has 0 atom stereocenters. The number of aromatic nitrogens is 3. The number of rotatable bonds is 6. The molecule has 0 amide bonds. The third-order valence-electron chi connectivity index (χ3n) is 2.96. The first-order chi connectivity index (χ1) is 9.50. The molecule has 0 aliphatic rings. The highest BCUT2D eigenvalue weighted by atomic mass is 32.2. The summed E-state index contributed by atoms with van der Waals surface area (Å²) in [4.78, 5) is 4.21. The highest BCUT2D eigenvalue weighted by Crippen LogP contribution is 2.16. The molecule has 20 heavy (non-hydrogen) atoms. The van der Waals surface area contributed by atoms with Crippen molar-refractivity contribution in [3.05, 3.63) is 30.6 Å². The summed E-state index contributed by atoms with van der Waals surface area (Å²) in [5, 5.41) is 4.32. The van der Waals surface area contributed by atoms with Crippen molar-refractivity contribution in [1.82, 2.24) is 14.8 Å². The van der Waals surface area contributed by atoms with E-state index in [0.29, 0.717) is 24.5 Å². The molecule has 0 radical (unpaired) electrons. The van der Waals surface area contributed by atoms with Gasteiger partial charge in [-0.05, 0) is 18.6 Å². The number of hydrogen-bond acceptors (Lipinski definition) is 5. The van der Waals surface area contributed by atoms with Crippen molar-refractivity contribution in [1.29, 1.82) is 0 Å². The molecule has 0 saturated heterocycles. The highest BCUT2D eigenvalue weighted by molar-refractivity contribution is 7.91. The zero-order chi connectivity index (χ0) is 14.6. The highest BCUT2D eigenvalue weighted by Gasteiger charge is 2.08. The maximum atomic E-state index is 11.4. The molecule has 1 aromatic heterocycles. The van der Waals surface area contributed by atoms with Crippen molar-refractivity contribution in [3.8, 4) is 11.4 Å².